The van der Waals surface area contributed by atoms with E-state index >= 15 is 0 Å². The molecule has 0 amide bonds. The first-order chi connectivity index (χ1) is 10.2. The number of ketones is 1. The Kier molecular flexibility index (Phi) is 3.60. The third-order valence-corrected chi connectivity index (χ3v) is 3.85. The van der Waals surface area contributed by atoms with Crippen molar-refractivity contribution >= 4 is 11.5 Å². The number of carbonyl (C=O) groups is 1. The minimum atomic E-state index is -0.529. The van der Waals surface area contributed by atoms with Gasteiger partial charge in [0.25, 0.3) is 0 Å². The average molecular weight is 285 g/mol. The maximum Gasteiger partial charge on any atom is 0.166 e. The number of Topliss-reactive ketones (excluding diaryl/α,β-unsaturated/α-hetero) is 1. The highest BCUT2D eigenvalue weighted by Crippen LogP contribution is 2.34. The molecule has 1 aliphatic heterocycles. The van der Waals surface area contributed by atoms with Crippen LogP contribution in [0, 0.1) is 5.82 Å². The molecule has 0 radical (unpaired) electrons. The summed E-state index contributed by atoms with van der Waals surface area (Å²) < 4.78 is 18.9. The van der Waals surface area contributed by atoms with Crippen molar-refractivity contribution in [3.05, 3.63) is 59.4 Å². The molecule has 3 nitrogen and oxygen atoms in total. The van der Waals surface area contributed by atoms with Crippen LogP contribution in [0.5, 0.6) is 5.75 Å². The number of hydrogen-bond donors (Lipinski definition) is 1. The number of methoxy groups -OCH3 is 1. The first-order valence-electron chi connectivity index (χ1n) is 6.88. The van der Waals surface area contributed by atoms with Crippen LogP contribution >= 0.6 is 0 Å². The molecule has 0 aromatic heterocycles. The van der Waals surface area contributed by atoms with E-state index in [9.17, 15) is 9.18 Å². The fourth-order valence-electron chi connectivity index (χ4n) is 2.72. The number of anilines is 1. The Morgan fingerprint density at radius 2 is 2.14 bits per heavy atom. The summed E-state index contributed by atoms with van der Waals surface area (Å²) in [5.41, 5.74) is 2.31. The molecule has 0 saturated carbocycles. The highest BCUT2D eigenvalue weighted by molar-refractivity contribution is 5.97. The minimum Gasteiger partial charge on any atom is -0.497 e. The van der Waals surface area contributed by atoms with Gasteiger partial charge < -0.3 is 10.1 Å². The lowest BCUT2D eigenvalue weighted by molar-refractivity contribution is 0.0971. The van der Waals surface area contributed by atoms with E-state index < -0.39 is 5.82 Å². The fourth-order valence-corrected chi connectivity index (χ4v) is 2.72. The minimum absolute atomic E-state index is 0.0928. The van der Waals surface area contributed by atoms with Crippen molar-refractivity contribution in [2.45, 2.75) is 12.3 Å². The lowest BCUT2D eigenvalue weighted by atomic mass is 9.93. The van der Waals surface area contributed by atoms with Crippen LogP contribution < -0.4 is 10.1 Å². The lowest BCUT2D eigenvalue weighted by Gasteiger charge is -2.10. The van der Waals surface area contributed by atoms with Gasteiger partial charge in [-0.2, -0.15) is 0 Å². The number of para-hydroxylation sites is 1. The monoisotopic (exact) mass is 285 g/mol. The van der Waals surface area contributed by atoms with E-state index in [1.165, 1.54) is 19.2 Å². The van der Waals surface area contributed by atoms with Crippen LogP contribution in [0.4, 0.5) is 10.1 Å². The van der Waals surface area contributed by atoms with Crippen LogP contribution in [0.1, 0.15) is 28.3 Å². The molecular weight excluding hydrogens is 269 g/mol. The standard InChI is InChI=1S/C17H16FNO2/c1-21-12-6-7-14(15(18)9-12)17(20)8-11-10-19-16-5-3-2-4-13(11)16/h2-7,9,11,19H,8,10H2,1H3. The van der Waals surface area contributed by atoms with E-state index in [-0.39, 0.29) is 17.3 Å². The quantitative estimate of drug-likeness (QED) is 0.872. The SMILES string of the molecule is COc1ccc(C(=O)CC2CNc3ccccc32)c(F)c1. The zero-order valence-corrected chi connectivity index (χ0v) is 11.7. The first kappa shape index (κ1) is 13.6. The van der Waals surface area contributed by atoms with Gasteiger partial charge in [0, 0.05) is 30.6 Å². The third-order valence-electron chi connectivity index (χ3n) is 3.85. The van der Waals surface area contributed by atoms with Crippen molar-refractivity contribution in [1.82, 2.24) is 0 Å². The number of carbonyl (C=O) groups excluding carboxylic acids is 1. The molecule has 2 aromatic rings. The third kappa shape index (κ3) is 2.61. The molecule has 1 aliphatic rings. The second-order valence-corrected chi connectivity index (χ2v) is 5.14. The number of nitrogens with one attached hydrogen (secondary N) is 1. The second-order valence-electron chi connectivity index (χ2n) is 5.14. The topological polar surface area (TPSA) is 38.3 Å². The maximum atomic E-state index is 13.9. The summed E-state index contributed by atoms with van der Waals surface area (Å²) in [5, 5.41) is 3.27. The van der Waals surface area contributed by atoms with Gasteiger partial charge in [-0.05, 0) is 23.8 Å². The molecule has 1 heterocycles. The predicted molar refractivity (Wildman–Crippen MR) is 79.6 cm³/mol. The van der Waals surface area contributed by atoms with E-state index in [1.807, 2.05) is 24.3 Å². The molecule has 0 spiro atoms. The Hall–Kier alpha value is -2.36. The number of hydrogen-bond acceptors (Lipinski definition) is 3. The van der Waals surface area contributed by atoms with E-state index in [4.69, 9.17) is 4.74 Å². The molecule has 0 saturated heterocycles. The number of ether oxygens (including phenoxy) is 1. The smallest absolute Gasteiger partial charge is 0.166 e. The van der Waals surface area contributed by atoms with Crippen LogP contribution in [-0.2, 0) is 0 Å². The second kappa shape index (κ2) is 5.56. The van der Waals surface area contributed by atoms with Gasteiger partial charge in [-0.3, -0.25) is 4.79 Å². The van der Waals surface area contributed by atoms with Gasteiger partial charge in [0.05, 0.1) is 12.7 Å². The zero-order chi connectivity index (χ0) is 14.8. The van der Waals surface area contributed by atoms with Gasteiger partial charge in [-0.15, -0.1) is 0 Å². The van der Waals surface area contributed by atoms with Crippen LogP contribution in [0.2, 0.25) is 0 Å². The van der Waals surface area contributed by atoms with Crippen LogP contribution in [0.3, 0.4) is 0 Å². The Morgan fingerprint density at radius 1 is 1.33 bits per heavy atom. The Morgan fingerprint density at radius 3 is 2.90 bits per heavy atom. The van der Waals surface area contributed by atoms with Crippen molar-refractivity contribution in [1.29, 1.82) is 0 Å². The Bertz CT molecular complexity index is 684. The number of halogens is 1. The number of benzene rings is 2. The average Bonchev–Trinajstić information content (AvgIpc) is 2.90. The molecule has 1 unspecified atom stereocenters. The van der Waals surface area contributed by atoms with Crippen LogP contribution in [-0.4, -0.2) is 19.4 Å². The van der Waals surface area contributed by atoms with Crippen LogP contribution in [0.15, 0.2) is 42.5 Å². The fraction of sp³-hybridized carbons (Fsp3) is 0.235. The first-order valence-corrected chi connectivity index (χ1v) is 6.88. The van der Waals surface area contributed by atoms with Gasteiger partial charge >= 0.3 is 0 Å². The summed E-state index contributed by atoms with van der Waals surface area (Å²) in [5.74, 6) is -0.204. The molecule has 0 bridgehead atoms. The van der Waals surface area contributed by atoms with Crippen LogP contribution in [0.25, 0.3) is 0 Å². The highest BCUT2D eigenvalue weighted by atomic mass is 19.1. The van der Waals surface area contributed by atoms with Gasteiger partial charge in [-0.1, -0.05) is 18.2 Å². The summed E-state index contributed by atoms with van der Waals surface area (Å²) >= 11 is 0. The normalized spacial score (nSPS) is 16.2. The predicted octanol–water partition coefficient (Wildman–Crippen LogP) is 3.62. The number of rotatable bonds is 4. The Balaban J connectivity index is 1.79. The van der Waals surface area contributed by atoms with E-state index in [1.54, 1.807) is 6.07 Å². The van der Waals surface area contributed by atoms with E-state index in [0.717, 1.165) is 11.3 Å². The molecule has 0 fully saturated rings. The maximum absolute atomic E-state index is 13.9. The molecule has 1 N–H and O–H groups in total. The molecular formula is C17H16FNO2. The van der Waals surface area contributed by atoms with Crippen molar-refractivity contribution < 1.29 is 13.9 Å². The zero-order valence-electron chi connectivity index (χ0n) is 11.7. The Labute approximate surface area is 122 Å². The summed E-state index contributed by atoms with van der Waals surface area (Å²) in [6.07, 6.45) is 0.299. The molecule has 108 valence electrons. The van der Waals surface area contributed by atoms with Crippen molar-refractivity contribution in [3.63, 3.8) is 0 Å². The summed E-state index contributed by atoms with van der Waals surface area (Å²) in [6, 6.07) is 12.3. The van der Waals surface area contributed by atoms with E-state index in [0.29, 0.717) is 18.7 Å². The van der Waals surface area contributed by atoms with Crippen molar-refractivity contribution in [3.8, 4) is 5.75 Å². The highest BCUT2D eigenvalue weighted by Gasteiger charge is 2.25. The lowest BCUT2D eigenvalue weighted by Crippen LogP contribution is -2.11. The molecule has 2 aromatic carbocycles. The largest absolute Gasteiger partial charge is 0.497 e. The van der Waals surface area contributed by atoms with Gasteiger partial charge in [0.2, 0.25) is 0 Å². The van der Waals surface area contributed by atoms with Gasteiger partial charge in [0.1, 0.15) is 11.6 Å². The van der Waals surface area contributed by atoms with E-state index in [2.05, 4.69) is 5.32 Å². The molecule has 4 heteroatoms. The van der Waals surface area contributed by atoms with Gasteiger partial charge in [-0.25, -0.2) is 4.39 Å². The van der Waals surface area contributed by atoms with Crippen molar-refractivity contribution in [2.24, 2.45) is 0 Å². The summed E-state index contributed by atoms with van der Waals surface area (Å²) in [4.78, 5) is 12.3. The molecule has 1 atom stereocenters. The molecule has 21 heavy (non-hydrogen) atoms. The summed E-state index contributed by atoms with van der Waals surface area (Å²) in [6.45, 7) is 0.711. The van der Waals surface area contributed by atoms with Gasteiger partial charge in [0.15, 0.2) is 5.78 Å². The van der Waals surface area contributed by atoms with Crippen molar-refractivity contribution in [2.75, 3.05) is 19.0 Å². The molecule has 3 rings (SSSR count). The number of fused-ring (bicyclic) bond motifs is 1. The summed E-state index contributed by atoms with van der Waals surface area (Å²) in [7, 11) is 1.47. The molecule has 0 aliphatic carbocycles.